The van der Waals surface area contributed by atoms with Gasteiger partial charge in [0.25, 0.3) is 0 Å². The van der Waals surface area contributed by atoms with Gasteiger partial charge in [-0.2, -0.15) is 0 Å². The number of amides is 1. The van der Waals surface area contributed by atoms with Crippen molar-refractivity contribution < 1.29 is 9.53 Å². The van der Waals surface area contributed by atoms with E-state index in [2.05, 4.69) is 29.0 Å². The summed E-state index contributed by atoms with van der Waals surface area (Å²) >= 11 is 6.05. The number of nitrogens with one attached hydrogen (secondary N) is 1. The van der Waals surface area contributed by atoms with Crippen LogP contribution in [0, 0.1) is 0 Å². The van der Waals surface area contributed by atoms with Crippen LogP contribution >= 0.6 is 11.6 Å². The zero-order valence-corrected chi connectivity index (χ0v) is 14.7. The fourth-order valence-electron chi connectivity index (χ4n) is 2.54. The van der Waals surface area contributed by atoms with Gasteiger partial charge in [-0.15, -0.1) is 0 Å². The second-order valence-electron chi connectivity index (χ2n) is 6.07. The minimum absolute atomic E-state index is 0.0188. The summed E-state index contributed by atoms with van der Waals surface area (Å²) in [4.78, 5) is 16.7. The molecule has 128 valence electrons. The Morgan fingerprint density at radius 1 is 1.22 bits per heavy atom. The molecule has 1 aliphatic rings. The maximum Gasteiger partial charge on any atom is 0.238 e. The normalized spacial score (nSPS) is 16.7. The number of carbonyl (C=O) groups excluding carboxylic acids is 1. The van der Waals surface area contributed by atoms with E-state index in [0.29, 0.717) is 17.3 Å². The van der Waals surface area contributed by atoms with E-state index in [1.807, 2.05) is 18.2 Å². The molecule has 0 bridgehead atoms. The van der Waals surface area contributed by atoms with Crippen molar-refractivity contribution in [2.45, 2.75) is 20.0 Å². The summed E-state index contributed by atoms with van der Waals surface area (Å²) in [6.07, 6.45) is 0.282. The molecule has 0 radical (unpaired) electrons. The summed E-state index contributed by atoms with van der Waals surface area (Å²) in [5.74, 6) is -0.0188. The van der Waals surface area contributed by atoms with Crippen LogP contribution in [0.2, 0.25) is 5.02 Å². The van der Waals surface area contributed by atoms with Crippen LogP contribution in [0.1, 0.15) is 13.8 Å². The average molecular weight is 340 g/mol. The largest absolute Gasteiger partial charge is 0.377 e. The van der Waals surface area contributed by atoms with Gasteiger partial charge in [0, 0.05) is 32.7 Å². The highest BCUT2D eigenvalue weighted by molar-refractivity contribution is 6.33. The summed E-state index contributed by atoms with van der Waals surface area (Å²) in [6, 6.07) is 7.29. The zero-order valence-electron chi connectivity index (χ0n) is 13.9. The molecule has 1 N–H and O–H groups in total. The van der Waals surface area contributed by atoms with Gasteiger partial charge in [0.2, 0.25) is 5.91 Å². The predicted molar refractivity (Wildman–Crippen MR) is 94.0 cm³/mol. The molecule has 0 spiro atoms. The molecule has 1 aromatic carbocycles. The summed E-state index contributed by atoms with van der Waals surface area (Å²) in [5.41, 5.74) is 0.670. The van der Waals surface area contributed by atoms with Crippen LogP contribution in [-0.2, 0) is 9.53 Å². The van der Waals surface area contributed by atoms with Crippen molar-refractivity contribution in [3.8, 4) is 0 Å². The third-order valence-electron chi connectivity index (χ3n) is 3.84. The number of ether oxygens (including phenoxy) is 1. The second-order valence-corrected chi connectivity index (χ2v) is 6.47. The lowest BCUT2D eigenvalue weighted by Crippen LogP contribution is -2.49. The number of nitrogens with zero attached hydrogens (tertiary/aromatic N) is 2. The molecule has 0 aliphatic carbocycles. The van der Waals surface area contributed by atoms with Crippen LogP contribution < -0.4 is 5.32 Å². The SMILES string of the molecule is CC(C)OCCN1CCN(CC(=O)Nc2ccccc2Cl)CC1. The quantitative estimate of drug-likeness (QED) is 0.828. The molecule has 0 saturated carbocycles. The van der Waals surface area contributed by atoms with Gasteiger partial charge >= 0.3 is 0 Å². The fourth-order valence-corrected chi connectivity index (χ4v) is 2.73. The standard InChI is InChI=1S/C17H26ClN3O2/c1-14(2)23-12-11-20-7-9-21(10-8-20)13-17(22)19-16-6-4-3-5-15(16)18/h3-6,14H,7-13H2,1-2H3,(H,19,22). The summed E-state index contributed by atoms with van der Waals surface area (Å²) in [6.45, 7) is 9.98. The van der Waals surface area contributed by atoms with Crippen molar-refractivity contribution in [2.24, 2.45) is 0 Å². The Labute approximate surface area is 143 Å². The van der Waals surface area contributed by atoms with E-state index in [0.717, 1.165) is 39.3 Å². The first-order valence-electron chi connectivity index (χ1n) is 8.15. The number of para-hydroxylation sites is 1. The van der Waals surface area contributed by atoms with Gasteiger partial charge < -0.3 is 10.1 Å². The van der Waals surface area contributed by atoms with E-state index in [4.69, 9.17) is 16.3 Å². The highest BCUT2D eigenvalue weighted by Crippen LogP contribution is 2.20. The van der Waals surface area contributed by atoms with Gasteiger partial charge in [0.1, 0.15) is 0 Å². The van der Waals surface area contributed by atoms with E-state index in [1.54, 1.807) is 6.07 Å². The minimum Gasteiger partial charge on any atom is -0.377 e. The van der Waals surface area contributed by atoms with Crippen molar-refractivity contribution in [1.29, 1.82) is 0 Å². The predicted octanol–water partition coefficient (Wildman–Crippen LogP) is 2.32. The Kier molecular flexibility index (Phi) is 7.30. The van der Waals surface area contributed by atoms with Crippen molar-refractivity contribution in [1.82, 2.24) is 9.80 Å². The topological polar surface area (TPSA) is 44.8 Å². The zero-order chi connectivity index (χ0) is 16.7. The molecule has 1 amide bonds. The van der Waals surface area contributed by atoms with Crippen molar-refractivity contribution in [2.75, 3.05) is 51.2 Å². The van der Waals surface area contributed by atoms with Crippen LogP contribution in [0.4, 0.5) is 5.69 Å². The maximum atomic E-state index is 12.1. The molecule has 2 rings (SSSR count). The maximum absolute atomic E-state index is 12.1. The Bertz CT molecular complexity index is 502. The number of hydrogen-bond donors (Lipinski definition) is 1. The first kappa shape index (κ1) is 18.2. The number of hydrogen-bond acceptors (Lipinski definition) is 4. The first-order chi connectivity index (χ1) is 11.0. The number of benzene rings is 1. The third kappa shape index (κ3) is 6.47. The molecular weight excluding hydrogens is 314 g/mol. The van der Waals surface area contributed by atoms with Gasteiger partial charge in [-0.05, 0) is 26.0 Å². The van der Waals surface area contributed by atoms with Gasteiger partial charge in [0.15, 0.2) is 0 Å². The highest BCUT2D eigenvalue weighted by atomic mass is 35.5. The Morgan fingerprint density at radius 3 is 2.52 bits per heavy atom. The molecule has 1 saturated heterocycles. The van der Waals surface area contributed by atoms with E-state index >= 15 is 0 Å². The van der Waals surface area contributed by atoms with Crippen LogP contribution in [0.3, 0.4) is 0 Å². The molecule has 1 aromatic rings. The van der Waals surface area contributed by atoms with Crippen molar-refractivity contribution >= 4 is 23.2 Å². The molecule has 1 aliphatic heterocycles. The molecule has 0 unspecified atom stereocenters. The van der Waals surface area contributed by atoms with Crippen LogP contribution in [0.25, 0.3) is 0 Å². The van der Waals surface area contributed by atoms with E-state index in [1.165, 1.54) is 0 Å². The molecule has 6 heteroatoms. The van der Waals surface area contributed by atoms with Crippen molar-refractivity contribution in [3.63, 3.8) is 0 Å². The molecule has 1 fully saturated rings. The average Bonchev–Trinajstić information content (AvgIpc) is 2.51. The molecule has 1 heterocycles. The minimum atomic E-state index is -0.0188. The lowest BCUT2D eigenvalue weighted by molar-refractivity contribution is -0.117. The Balaban J connectivity index is 1.68. The first-order valence-corrected chi connectivity index (χ1v) is 8.53. The lowest BCUT2D eigenvalue weighted by atomic mass is 10.3. The number of rotatable bonds is 7. The number of anilines is 1. The van der Waals surface area contributed by atoms with Gasteiger partial charge in [-0.25, -0.2) is 0 Å². The molecule has 5 nitrogen and oxygen atoms in total. The Hall–Kier alpha value is -1.14. The fraction of sp³-hybridized carbons (Fsp3) is 0.588. The second kappa shape index (κ2) is 9.23. The monoisotopic (exact) mass is 339 g/mol. The summed E-state index contributed by atoms with van der Waals surface area (Å²) in [7, 11) is 0. The number of piperazine rings is 1. The Morgan fingerprint density at radius 2 is 1.87 bits per heavy atom. The summed E-state index contributed by atoms with van der Waals surface area (Å²) < 4.78 is 5.58. The molecule has 0 atom stereocenters. The van der Waals surface area contributed by atoms with E-state index < -0.39 is 0 Å². The molecular formula is C17H26ClN3O2. The summed E-state index contributed by atoms with van der Waals surface area (Å²) in [5, 5.41) is 3.43. The number of carbonyl (C=O) groups is 1. The molecule has 0 aromatic heterocycles. The lowest BCUT2D eigenvalue weighted by Gasteiger charge is -2.34. The van der Waals surface area contributed by atoms with E-state index in [9.17, 15) is 4.79 Å². The van der Waals surface area contributed by atoms with Gasteiger partial charge in [0.05, 0.1) is 30.0 Å². The third-order valence-corrected chi connectivity index (χ3v) is 4.17. The van der Waals surface area contributed by atoms with Crippen LogP contribution in [-0.4, -0.2) is 67.7 Å². The van der Waals surface area contributed by atoms with Crippen molar-refractivity contribution in [3.05, 3.63) is 29.3 Å². The van der Waals surface area contributed by atoms with Gasteiger partial charge in [-0.3, -0.25) is 14.6 Å². The van der Waals surface area contributed by atoms with Gasteiger partial charge in [-0.1, -0.05) is 23.7 Å². The van der Waals surface area contributed by atoms with E-state index in [-0.39, 0.29) is 12.0 Å². The smallest absolute Gasteiger partial charge is 0.238 e. The van der Waals surface area contributed by atoms with Crippen LogP contribution in [0.5, 0.6) is 0 Å². The number of halogens is 1. The van der Waals surface area contributed by atoms with Crippen LogP contribution in [0.15, 0.2) is 24.3 Å². The molecule has 23 heavy (non-hydrogen) atoms. The highest BCUT2D eigenvalue weighted by Gasteiger charge is 2.19.